The molecule has 0 atom stereocenters. The fraction of sp³-hybridized carbons (Fsp3) is 0.444. The molecule has 0 bridgehead atoms. The van der Waals surface area contributed by atoms with Gasteiger partial charge in [0.2, 0.25) is 9.84 Å². The van der Waals surface area contributed by atoms with Gasteiger partial charge in [-0.3, -0.25) is 4.98 Å². The van der Waals surface area contributed by atoms with Crippen molar-refractivity contribution >= 4 is 20.0 Å². The lowest BCUT2D eigenvalue weighted by Gasteiger charge is -2.08. The number of rotatable bonds is 6. The number of pyridine rings is 1. The fourth-order valence-corrected chi connectivity index (χ4v) is 3.04. The Labute approximate surface area is 113 Å². The van der Waals surface area contributed by atoms with Crippen molar-refractivity contribution in [3.63, 3.8) is 0 Å². The Morgan fingerprint density at radius 1 is 1.15 bits per heavy atom. The highest BCUT2D eigenvalue weighted by Gasteiger charge is 2.44. The molecule has 0 aromatic carbocycles. The first-order valence-electron chi connectivity index (χ1n) is 5.15. The average Bonchev–Trinajstić information content (AvgIpc) is 2.27. The summed E-state index contributed by atoms with van der Waals surface area (Å²) in [6.07, 6.45) is 1.75. The van der Waals surface area contributed by atoms with E-state index in [0.717, 1.165) is 6.20 Å². The normalized spacial score (nSPS) is 13.2. The Morgan fingerprint density at radius 2 is 1.80 bits per heavy atom. The molecule has 0 unspecified atom stereocenters. The van der Waals surface area contributed by atoms with Crippen molar-refractivity contribution in [1.82, 2.24) is 4.98 Å². The van der Waals surface area contributed by atoms with Crippen LogP contribution in [0.25, 0.3) is 0 Å². The molecule has 1 aromatic rings. The van der Waals surface area contributed by atoms with E-state index in [1.54, 1.807) is 0 Å². The molecule has 0 spiro atoms. The topological polar surface area (TPSA) is 90.4 Å². The van der Waals surface area contributed by atoms with Gasteiger partial charge in [0.1, 0.15) is 0 Å². The van der Waals surface area contributed by atoms with Gasteiger partial charge in [-0.25, -0.2) is 8.42 Å². The maximum atomic E-state index is 12.0. The Bertz CT molecular complexity index is 640. The fourth-order valence-electron chi connectivity index (χ4n) is 1.13. The zero-order valence-electron chi connectivity index (χ0n) is 9.87. The zero-order chi connectivity index (χ0) is 15.4. The highest BCUT2D eigenvalue weighted by Crippen LogP contribution is 2.24. The standard InChI is InChI=1S/C9H10F3NO5S2/c10-9(11,12)19(14,15)5-2-6-20(16,17)18-8-3-1-4-13-7-8/h1,3-4,7H,2,5-6H2. The first-order chi connectivity index (χ1) is 9.04. The maximum Gasteiger partial charge on any atom is 0.497 e. The minimum atomic E-state index is -5.39. The second kappa shape index (κ2) is 5.95. The number of aromatic nitrogens is 1. The van der Waals surface area contributed by atoms with Crippen LogP contribution in [0.2, 0.25) is 0 Å². The third-order valence-corrected chi connectivity index (χ3v) is 4.78. The van der Waals surface area contributed by atoms with Crippen molar-refractivity contribution < 1.29 is 34.2 Å². The van der Waals surface area contributed by atoms with Crippen molar-refractivity contribution in [2.45, 2.75) is 11.9 Å². The van der Waals surface area contributed by atoms with E-state index in [-0.39, 0.29) is 5.75 Å². The van der Waals surface area contributed by atoms with Crippen molar-refractivity contribution in [3.8, 4) is 5.75 Å². The van der Waals surface area contributed by atoms with Crippen LogP contribution in [-0.4, -0.2) is 38.8 Å². The lowest BCUT2D eigenvalue weighted by molar-refractivity contribution is -0.0435. The van der Waals surface area contributed by atoms with Gasteiger partial charge in [0.15, 0.2) is 5.75 Å². The molecule has 0 radical (unpaired) electrons. The van der Waals surface area contributed by atoms with Crippen LogP contribution in [-0.2, 0) is 20.0 Å². The van der Waals surface area contributed by atoms with E-state index in [1.807, 2.05) is 0 Å². The summed E-state index contributed by atoms with van der Waals surface area (Å²) in [7, 11) is -9.50. The summed E-state index contributed by atoms with van der Waals surface area (Å²) >= 11 is 0. The largest absolute Gasteiger partial charge is 0.497 e. The lowest BCUT2D eigenvalue weighted by atomic mass is 10.5. The lowest BCUT2D eigenvalue weighted by Crippen LogP contribution is -2.27. The highest BCUT2D eigenvalue weighted by molar-refractivity contribution is 7.92. The van der Waals surface area contributed by atoms with E-state index in [0.29, 0.717) is 0 Å². The van der Waals surface area contributed by atoms with Crippen LogP contribution in [0.4, 0.5) is 13.2 Å². The van der Waals surface area contributed by atoms with Gasteiger partial charge >= 0.3 is 15.6 Å². The van der Waals surface area contributed by atoms with Gasteiger partial charge in [-0.1, -0.05) is 0 Å². The van der Waals surface area contributed by atoms with E-state index < -0.39 is 43.4 Å². The first kappa shape index (κ1) is 16.7. The van der Waals surface area contributed by atoms with Crippen LogP contribution in [0, 0.1) is 0 Å². The molecular formula is C9H10F3NO5S2. The van der Waals surface area contributed by atoms with Crippen LogP contribution in [0.5, 0.6) is 5.75 Å². The van der Waals surface area contributed by atoms with Gasteiger partial charge < -0.3 is 4.18 Å². The monoisotopic (exact) mass is 333 g/mol. The van der Waals surface area contributed by atoms with Gasteiger partial charge in [-0.05, 0) is 18.6 Å². The smallest absolute Gasteiger partial charge is 0.381 e. The molecule has 114 valence electrons. The summed E-state index contributed by atoms with van der Waals surface area (Å²) in [5.74, 6) is -2.27. The number of hydrogen-bond acceptors (Lipinski definition) is 6. The molecule has 6 nitrogen and oxygen atoms in total. The first-order valence-corrected chi connectivity index (χ1v) is 8.38. The van der Waals surface area contributed by atoms with Gasteiger partial charge in [-0.15, -0.1) is 0 Å². The van der Waals surface area contributed by atoms with E-state index in [1.165, 1.54) is 18.3 Å². The molecule has 0 amide bonds. The molecule has 0 saturated heterocycles. The van der Waals surface area contributed by atoms with Gasteiger partial charge in [-0.2, -0.15) is 21.6 Å². The van der Waals surface area contributed by atoms with Crippen molar-refractivity contribution in [2.24, 2.45) is 0 Å². The van der Waals surface area contributed by atoms with Gasteiger partial charge in [0.25, 0.3) is 0 Å². The minimum absolute atomic E-state index is 0.105. The molecule has 0 aliphatic carbocycles. The Kier molecular flexibility index (Phi) is 4.97. The SMILES string of the molecule is O=S(=O)(CCCS(=O)(=O)C(F)(F)F)Oc1cccnc1. The number of halogens is 3. The van der Waals surface area contributed by atoms with Gasteiger partial charge in [0, 0.05) is 6.20 Å². The Morgan fingerprint density at radius 3 is 2.30 bits per heavy atom. The zero-order valence-corrected chi connectivity index (χ0v) is 11.5. The molecule has 0 fully saturated rings. The molecular weight excluding hydrogens is 323 g/mol. The summed E-state index contributed by atoms with van der Waals surface area (Å²) in [5.41, 5.74) is -5.39. The van der Waals surface area contributed by atoms with Crippen LogP contribution < -0.4 is 4.18 Å². The summed E-state index contributed by atoms with van der Waals surface area (Å²) in [6, 6.07) is 2.69. The van der Waals surface area contributed by atoms with Crippen molar-refractivity contribution in [3.05, 3.63) is 24.5 Å². The van der Waals surface area contributed by atoms with E-state index in [9.17, 15) is 30.0 Å². The highest BCUT2D eigenvalue weighted by atomic mass is 32.2. The second-order valence-corrected chi connectivity index (χ2v) is 7.44. The summed E-state index contributed by atoms with van der Waals surface area (Å²) in [5, 5.41) is 0. The Balaban J connectivity index is 2.58. The van der Waals surface area contributed by atoms with Crippen LogP contribution in [0.3, 0.4) is 0 Å². The predicted molar refractivity (Wildman–Crippen MR) is 63.1 cm³/mol. The minimum Gasteiger partial charge on any atom is -0.381 e. The predicted octanol–water partition coefficient (Wildman–Crippen LogP) is 1.11. The van der Waals surface area contributed by atoms with Crippen LogP contribution in [0.1, 0.15) is 6.42 Å². The quantitative estimate of drug-likeness (QED) is 0.725. The third kappa shape index (κ3) is 4.96. The number of nitrogens with zero attached hydrogens (tertiary/aromatic N) is 1. The molecule has 1 aromatic heterocycles. The molecule has 0 N–H and O–H groups in total. The summed E-state index contributed by atoms with van der Waals surface area (Å²) < 4.78 is 84.9. The van der Waals surface area contributed by atoms with Gasteiger partial charge in [0.05, 0.1) is 17.7 Å². The van der Waals surface area contributed by atoms with E-state index >= 15 is 0 Å². The molecule has 1 heterocycles. The second-order valence-electron chi connectivity index (χ2n) is 3.65. The maximum absolute atomic E-state index is 12.0. The summed E-state index contributed by atoms with van der Waals surface area (Å²) in [4.78, 5) is 3.59. The van der Waals surface area contributed by atoms with E-state index in [4.69, 9.17) is 0 Å². The molecule has 11 heteroatoms. The molecule has 20 heavy (non-hydrogen) atoms. The van der Waals surface area contributed by atoms with Crippen molar-refractivity contribution in [1.29, 1.82) is 0 Å². The van der Waals surface area contributed by atoms with Crippen LogP contribution >= 0.6 is 0 Å². The van der Waals surface area contributed by atoms with Crippen molar-refractivity contribution in [2.75, 3.05) is 11.5 Å². The Hall–Kier alpha value is -1.36. The third-order valence-electron chi connectivity index (χ3n) is 2.02. The molecule has 0 saturated carbocycles. The number of alkyl halides is 3. The van der Waals surface area contributed by atoms with E-state index in [2.05, 4.69) is 9.17 Å². The number of sulfone groups is 1. The molecule has 0 aliphatic heterocycles. The summed E-state index contributed by atoms with van der Waals surface area (Å²) in [6.45, 7) is 0. The molecule has 1 rings (SSSR count). The average molecular weight is 333 g/mol. The number of hydrogen-bond donors (Lipinski definition) is 0. The molecule has 0 aliphatic rings. The van der Waals surface area contributed by atoms with Crippen LogP contribution in [0.15, 0.2) is 24.5 Å².